The Labute approximate surface area is 122 Å². The Morgan fingerprint density at radius 3 is 2.50 bits per heavy atom. The van der Waals surface area contributed by atoms with Gasteiger partial charge in [0.15, 0.2) is 6.10 Å². The molecule has 0 heterocycles. The van der Waals surface area contributed by atoms with E-state index in [9.17, 15) is 4.79 Å². The number of rotatable bonds is 9. The molecule has 0 N–H and O–H groups in total. The molecule has 1 aromatic carbocycles. The van der Waals surface area contributed by atoms with Crippen LogP contribution in [0.5, 0.6) is 5.75 Å². The van der Waals surface area contributed by atoms with Gasteiger partial charge < -0.3 is 9.47 Å². The van der Waals surface area contributed by atoms with Crippen LogP contribution in [0.1, 0.15) is 46.5 Å². The highest BCUT2D eigenvalue weighted by molar-refractivity contribution is 5.74. The minimum absolute atomic E-state index is 0.288. The Morgan fingerprint density at radius 1 is 1.20 bits per heavy atom. The van der Waals surface area contributed by atoms with Crippen LogP contribution in [-0.4, -0.2) is 18.7 Å². The average molecular weight is 278 g/mol. The molecule has 3 heteroatoms. The molecule has 2 atom stereocenters. The van der Waals surface area contributed by atoms with Gasteiger partial charge in [-0.2, -0.15) is 0 Å². The monoisotopic (exact) mass is 278 g/mol. The maximum atomic E-state index is 11.9. The smallest absolute Gasteiger partial charge is 0.347 e. The molecule has 3 nitrogen and oxygen atoms in total. The molecule has 0 saturated heterocycles. The van der Waals surface area contributed by atoms with E-state index in [-0.39, 0.29) is 5.97 Å². The summed E-state index contributed by atoms with van der Waals surface area (Å²) < 4.78 is 10.9. The fraction of sp³-hybridized carbons (Fsp3) is 0.588. The van der Waals surface area contributed by atoms with Crippen molar-refractivity contribution in [3.63, 3.8) is 0 Å². The molecule has 0 amide bonds. The van der Waals surface area contributed by atoms with Crippen molar-refractivity contribution in [3.8, 4) is 5.75 Å². The third-order valence-electron chi connectivity index (χ3n) is 3.39. The molecule has 112 valence electrons. The number of benzene rings is 1. The maximum absolute atomic E-state index is 11.9. The van der Waals surface area contributed by atoms with Gasteiger partial charge in [-0.25, -0.2) is 4.79 Å². The Kier molecular flexibility index (Phi) is 7.78. The fourth-order valence-electron chi connectivity index (χ4n) is 1.97. The fourth-order valence-corrected chi connectivity index (χ4v) is 1.97. The van der Waals surface area contributed by atoms with Crippen LogP contribution in [0.15, 0.2) is 30.3 Å². The summed E-state index contributed by atoms with van der Waals surface area (Å²) in [7, 11) is 0. The predicted molar refractivity (Wildman–Crippen MR) is 80.8 cm³/mol. The van der Waals surface area contributed by atoms with Gasteiger partial charge in [0.2, 0.25) is 0 Å². The number of ether oxygens (including phenoxy) is 2. The van der Waals surface area contributed by atoms with Gasteiger partial charge in [-0.3, -0.25) is 0 Å². The van der Waals surface area contributed by atoms with E-state index in [0.717, 1.165) is 12.8 Å². The van der Waals surface area contributed by atoms with E-state index in [1.54, 1.807) is 6.92 Å². The van der Waals surface area contributed by atoms with Crippen molar-refractivity contribution in [2.24, 2.45) is 5.92 Å². The van der Waals surface area contributed by atoms with Gasteiger partial charge >= 0.3 is 5.97 Å². The van der Waals surface area contributed by atoms with Gasteiger partial charge in [0.1, 0.15) is 5.75 Å². The molecular weight excluding hydrogens is 252 g/mol. The number of carbonyl (C=O) groups excluding carboxylic acids is 1. The first-order valence-electron chi connectivity index (χ1n) is 7.55. The van der Waals surface area contributed by atoms with Gasteiger partial charge in [-0.1, -0.05) is 51.3 Å². The number of hydrogen-bond donors (Lipinski definition) is 0. The molecular formula is C17H26O3. The lowest BCUT2D eigenvalue weighted by molar-refractivity contribution is -0.152. The Hall–Kier alpha value is -1.51. The first-order chi connectivity index (χ1) is 9.67. The standard InChI is InChI=1S/C17H26O3/c1-4-6-10-15(5-2)13-19-17(18)14(3)20-16-11-8-7-9-12-16/h7-9,11-12,14-15H,4-6,10,13H2,1-3H3. The summed E-state index contributed by atoms with van der Waals surface area (Å²) in [5.41, 5.74) is 0. The topological polar surface area (TPSA) is 35.5 Å². The van der Waals surface area contributed by atoms with E-state index in [4.69, 9.17) is 9.47 Å². The normalized spacial score (nSPS) is 13.6. The summed E-state index contributed by atoms with van der Waals surface area (Å²) in [5.74, 6) is 0.863. The van der Waals surface area contributed by atoms with Crippen LogP contribution in [-0.2, 0) is 9.53 Å². The molecule has 20 heavy (non-hydrogen) atoms. The summed E-state index contributed by atoms with van der Waals surface area (Å²) in [4.78, 5) is 11.9. The zero-order chi connectivity index (χ0) is 14.8. The third-order valence-corrected chi connectivity index (χ3v) is 3.39. The molecule has 0 aliphatic heterocycles. The van der Waals surface area contributed by atoms with E-state index in [1.807, 2.05) is 30.3 Å². The first kappa shape index (κ1) is 16.5. The molecule has 1 rings (SSSR count). The van der Waals surface area contributed by atoms with Gasteiger partial charge in [0.05, 0.1) is 6.61 Å². The molecule has 0 fully saturated rings. The number of hydrogen-bond acceptors (Lipinski definition) is 3. The molecule has 0 aromatic heterocycles. The van der Waals surface area contributed by atoms with E-state index < -0.39 is 6.10 Å². The molecule has 0 radical (unpaired) electrons. The third kappa shape index (κ3) is 6.09. The highest BCUT2D eigenvalue weighted by Gasteiger charge is 2.18. The summed E-state index contributed by atoms with van der Waals surface area (Å²) >= 11 is 0. The second kappa shape index (κ2) is 9.40. The first-order valence-corrected chi connectivity index (χ1v) is 7.55. The van der Waals surface area contributed by atoms with E-state index in [2.05, 4.69) is 13.8 Å². The van der Waals surface area contributed by atoms with Crippen molar-refractivity contribution in [2.45, 2.75) is 52.6 Å². The molecule has 2 unspecified atom stereocenters. The summed E-state index contributed by atoms with van der Waals surface area (Å²) in [6.45, 7) is 6.53. The SMILES string of the molecule is CCCCC(CC)COC(=O)C(C)Oc1ccccc1. The molecule has 0 spiro atoms. The lowest BCUT2D eigenvalue weighted by atomic mass is 10.0. The second-order valence-corrected chi connectivity index (χ2v) is 5.12. The van der Waals surface area contributed by atoms with E-state index >= 15 is 0 Å². The highest BCUT2D eigenvalue weighted by atomic mass is 16.6. The maximum Gasteiger partial charge on any atom is 0.347 e. The van der Waals surface area contributed by atoms with E-state index in [1.165, 1.54) is 12.8 Å². The van der Waals surface area contributed by atoms with Crippen molar-refractivity contribution in [1.82, 2.24) is 0 Å². The van der Waals surface area contributed by atoms with Crippen molar-refractivity contribution >= 4 is 5.97 Å². The summed E-state index contributed by atoms with van der Waals surface area (Å²) in [6.07, 6.45) is 3.96. The van der Waals surface area contributed by atoms with Gasteiger partial charge in [0.25, 0.3) is 0 Å². The van der Waals surface area contributed by atoms with Gasteiger partial charge in [-0.05, 0) is 31.4 Å². The molecule has 0 saturated carbocycles. The van der Waals surface area contributed by atoms with Crippen LogP contribution < -0.4 is 4.74 Å². The van der Waals surface area contributed by atoms with Crippen LogP contribution in [0.3, 0.4) is 0 Å². The summed E-state index contributed by atoms with van der Waals surface area (Å²) in [5, 5.41) is 0. The van der Waals surface area contributed by atoms with Crippen molar-refractivity contribution in [2.75, 3.05) is 6.61 Å². The Balaban J connectivity index is 2.34. The van der Waals surface area contributed by atoms with E-state index in [0.29, 0.717) is 18.3 Å². The van der Waals surface area contributed by atoms with Crippen LogP contribution in [0, 0.1) is 5.92 Å². The number of esters is 1. The quantitative estimate of drug-likeness (QED) is 0.635. The van der Waals surface area contributed by atoms with Crippen molar-refractivity contribution in [1.29, 1.82) is 0 Å². The molecule has 1 aromatic rings. The largest absolute Gasteiger partial charge is 0.479 e. The minimum atomic E-state index is -0.568. The average Bonchev–Trinajstić information content (AvgIpc) is 2.48. The van der Waals surface area contributed by atoms with Crippen molar-refractivity contribution in [3.05, 3.63) is 30.3 Å². The molecule has 0 aliphatic rings. The number of carbonyl (C=O) groups is 1. The van der Waals surface area contributed by atoms with Crippen LogP contribution in [0.4, 0.5) is 0 Å². The molecule has 0 aliphatic carbocycles. The predicted octanol–water partition coefficient (Wildman–Crippen LogP) is 4.21. The van der Waals surface area contributed by atoms with Crippen LogP contribution in [0.2, 0.25) is 0 Å². The zero-order valence-corrected chi connectivity index (χ0v) is 12.8. The minimum Gasteiger partial charge on any atom is -0.479 e. The zero-order valence-electron chi connectivity index (χ0n) is 12.8. The van der Waals surface area contributed by atoms with Crippen molar-refractivity contribution < 1.29 is 14.3 Å². The Morgan fingerprint density at radius 2 is 1.90 bits per heavy atom. The second-order valence-electron chi connectivity index (χ2n) is 5.12. The van der Waals surface area contributed by atoms with Gasteiger partial charge in [0, 0.05) is 0 Å². The lowest BCUT2D eigenvalue weighted by Crippen LogP contribution is -2.28. The van der Waals surface area contributed by atoms with Crippen LogP contribution >= 0.6 is 0 Å². The number of para-hydroxylation sites is 1. The molecule has 0 bridgehead atoms. The van der Waals surface area contributed by atoms with Crippen LogP contribution in [0.25, 0.3) is 0 Å². The lowest BCUT2D eigenvalue weighted by Gasteiger charge is -2.17. The Bertz CT molecular complexity index is 375. The number of unbranched alkanes of at least 4 members (excludes halogenated alkanes) is 1. The van der Waals surface area contributed by atoms with Gasteiger partial charge in [-0.15, -0.1) is 0 Å². The highest BCUT2D eigenvalue weighted by Crippen LogP contribution is 2.15. The summed E-state index contributed by atoms with van der Waals surface area (Å²) in [6, 6.07) is 9.34.